The minimum Gasteiger partial charge on any atom is -0.403 e. The Morgan fingerprint density at radius 2 is 1.17 bits per heavy atom. The van der Waals surface area contributed by atoms with Crippen molar-refractivity contribution in [1.29, 1.82) is 0 Å². The van der Waals surface area contributed by atoms with Crippen LogP contribution in [0, 0.1) is 0 Å². The molecule has 0 unspecified atom stereocenters. The lowest BCUT2D eigenvalue weighted by atomic mass is 10.1. The molecule has 30 heavy (non-hydrogen) atoms. The van der Waals surface area contributed by atoms with Crippen LogP contribution in [0.5, 0.6) is 0 Å². The quantitative estimate of drug-likeness (QED) is 0.552. The Kier molecular flexibility index (Phi) is 8.26. The highest BCUT2D eigenvalue weighted by Crippen LogP contribution is 2.22. The van der Waals surface area contributed by atoms with Gasteiger partial charge in [-0.25, -0.2) is 0 Å². The summed E-state index contributed by atoms with van der Waals surface area (Å²) < 4.78 is 4.67. The van der Waals surface area contributed by atoms with E-state index in [9.17, 15) is 0 Å². The number of hydrogen-bond acceptors (Lipinski definition) is 4. The molecule has 0 heterocycles. The predicted molar refractivity (Wildman–Crippen MR) is 137 cm³/mol. The zero-order valence-corrected chi connectivity index (χ0v) is 21.8. The molecule has 0 spiro atoms. The molecule has 2 aromatic carbocycles. The SMILES string of the molecule is CN(C)[Si](C)(C)/C=C(/N/C(=C/N[Si](C)(C)N(C)C)c1ccccc1)c1ccccc1. The van der Waals surface area contributed by atoms with Gasteiger partial charge in [0.25, 0.3) is 0 Å². The highest BCUT2D eigenvalue weighted by Gasteiger charge is 2.24. The van der Waals surface area contributed by atoms with Crippen LogP contribution in [-0.4, -0.2) is 54.0 Å². The molecule has 2 N–H and O–H groups in total. The number of rotatable bonds is 9. The average molecular weight is 439 g/mol. The van der Waals surface area contributed by atoms with E-state index in [-0.39, 0.29) is 0 Å². The van der Waals surface area contributed by atoms with Crippen molar-refractivity contribution in [2.45, 2.75) is 26.2 Å². The van der Waals surface area contributed by atoms with Crippen LogP contribution in [0.25, 0.3) is 11.4 Å². The molecule has 0 aliphatic carbocycles. The molecule has 0 amide bonds. The Balaban J connectivity index is 2.51. The summed E-state index contributed by atoms with van der Waals surface area (Å²) in [6.07, 6.45) is 2.16. The van der Waals surface area contributed by atoms with Crippen molar-refractivity contribution in [3.8, 4) is 0 Å². The van der Waals surface area contributed by atoms with Crippen LogP contribution in [0.15, 0.2) is 72.6 Å². The minimum absolute atomic E-state index is 1.08. The van der Waals surface area contributed by atoms with E-state index in [2.05, 4.69) is 146 Å². The molecular weight excluding hydrogens is 400 g/mol. The largest absolute Gasteiger partial charge is 0.403 e. The maximum absolute atomic E-state index is 3.78. The van der Waals surface area contributed by atoms with Crippen molar-refractivity contribution in [1.82, 2.24) is 19.4 Å². The first-order valence-electron chi connectivity index (χ1n) is 10.5. The summed E-state index contributed by atoms with van der Waals surface area (Å²) in [6, 6.07) is 21.2. The molecule has 2 aromatic rings. The first-order valence-corrected chi connectivity index (χ1v) is 16.4. The Labute approximate surface area is 185 Å². The molecule has 162 valence electrons. The first kappa shape index (κ1) is 24.1. The molecule has 0 atom stereocenters. The monoisotopic (exact) mass is 438 g/mol. The highest BCUT2D eigenvalue weighted by molar-refractivity contribution is 6.80. The second-order valence-electron chi connectivity index (χ2n) is 9.12. The summed E-state index contributed by atoms with van der Waals surface area (Å²) in [4.78, 5) is 3.71. The third-order valence-corrected chi connectivity index (χ3v) is 12.2. The topological polar surface area (TPSA) is 30.5 Å². The maximum atomic E-state index is 3.78. The van der Waals surface area contributed by atoms with Crippen molar-refractivity contribution >= 4 is 28.0 Å². The molecule has 0 saturated carbocycles. The van der Waals surface area contributed by atoms with Crippen molar-refractivity contribution < 1.29 is 0 Å². The highest BCUT2D eigenvalue weighted by atomic mass is 28.3. The Bertz CT molecular complexity index is 857. The lowest BCUT2D eigenvalue weighted by Crippen LogP contribution is -2.54. The normalized spacial score (nSPS) is 13.7. The molecule has 0 aliphatic rings. The summed E-state index contributed by atoms with van der Waals surface area (Å²) in [7, 11) is 5.20. The maximum Gasteiger partial charge on any atom is 0.225 e. The fraction of sp³-hybridized carbons (Fsp3) is 0.333. The number of nitrogens with one attached hydrogen (secondary N) is 2. The molecule has 4 nitrogen and oxygen atoms in total. The zero-order chi connectivity index (χ0) is 22.4. The van der Waals surface area contributed by atoms with Crippen LogP contribution >= 0.6 is 0 Å². The van der Waals surface area contributed by atoms with Gasteiger partial charge in [-0.1, -0.05) is 79.5 Å². The summed E-state index contributed by atoms with van der Waals surface area (Å²) in [5, 5.41) is 3.78. The lowest BCUT2D eigenvalue weighted by molar-refractivity contribution is 0.609. The summed E-state index contributed by atoms with van der Waals surface area (Å²) in [5.41, 5.74) is 7.04. The van der Waals surface area contributed by atoms with Crippen molar-refractivity contribution in [3.05, 3.63) is 83.7 Å². The van der Waals surface area contributed by atoms with Gasteiger partial charge in [-0.15, -0.1) is 0 Å². The Morgan fingerprint density at radius 3 is 1.60 bits per heavy atom. The van der Waals surface area contributed by atoms with Crippen LogP contribution in [0.1, 0.15) is 11.1 Å². The zero-order valence-electron chi connectivity index (χ0n) is 19.8. The van der Waals surface area contributed by atoms with Gasteiger partial charge in [0, 0.05) is 11.9 Å². The van der Waals surface area contributed by atoms with E-state index in [1.807, 2.05) is 0 Å². The van der Waals surface area contributed by atoms with E-state index in [1.165, 1.54) is 11.1 Å². The van der Waals surface area contributed by atoms with Crippen molar-refractivity contribution in [3.63, 3.8) is 0 Å². The molecule has 0 saturated heterocycles. The molecule has 0 radical (unpaired) electrons. The Morgan fingerprint density at radius 1 is 0.700 bits per heavy atom. The van der Waals surface area contributed by atoms with E-state index < -0.39 is 16.6 Å². The van der Waals surface area contributed by atoms with E-state index in [4.69, 9.17) is 0 Å². The van der Waals surface area contributed by atoms with Gasteiger partial charge in [0.05, 0.1) is 5.70 Å². The van der Waals surface area contributed by atoms with Crippen LogP contribution < -0.4 is 10.3 Å². The van der Waals surface area contributed by atoms with Gasteiger partial charge in [0.15, 0.2) is 0 Å². The number of hydrogen-bond donors (Lipinski definition) is 2. The molecular formula is C24H38N4Si2. The van der Waals surface area contributed by atoms with Gasteiger partial charge in [0.1, 0.15) is 8.24 Å². The standard InChI is InChI=1S/C24H38N4Si2/c1-27(2)29(5,6)20-24(22-17-13-10-14-18-22)26-23(21-15-11-9-12-16-21)19-25-30(7,8)28(3)4/h9-20,25-26H,1-8H3/b23-19+,24-20+. The van der Waals surface area contributed by atoms with Crippen molar-refractivity contribution in [2.24, 2.45) is 0 Å². The molecule has 2 rings (SSSR count). The molecule has 0 aromatic heterocycles. The van der Waals surface area contributed by atoms with E-state index in [0.29, 0.717) is 0 Å². The van der Waals surface area contributed by atoms with Gasteiger partial charge >= 0.3 is 0 Å². The number of benzene rings is 2. The van der Waals surface area contributed by atoms with Crippen LogP contribution in [0.2, 0.25) is 26.2 Å². The molecule has 0 aliphatic heterocycles. The van der Waals surface area contributed by atoms with Crippen LogP contribution in [-0.2, 0) is 0 Å². The van der Waals surface area contributed by atoms with E-state index in [1.54, 1.807) is 0 Å². The van der Waals surface area contributed by atoms with Gasteiger partial charge in [-0.3, -0.25) is 0 Å². The van der Waals surface area contributed by atoms with Crippen LogP contribution in [0.4, 0.5) is 0 Å². The molecule has 0 bridgehead atoms. The minimum atomic E-state index is -1.72. The lowest BCUT2D eigenvalue weighted by Gasteiger charge is -2.31. The van der Waals surface area contributed by atoms with Crippen molar-refractivity contribution in [2.75, 3.05) is 28.2 Å². The molecule has 0 fully saturated rings. The Hall–Kier alpha value is -2.13. The van der Waals surface area contributed by atoms with Gasteiger partial charge < -0.3 is 19.4 Å². The van der Waals surface area contributed by atoms with Gasteiger partial charge in [0.2, 0.25) is 8.40 Å². The van der Waals surface area contributed by atoms with E-state index in [0.717, 1.165) is 11.4 Å². The second kappa shape index (κ2) is 10.3. The van der Waals surface area contributed by atoms with Crippen LogP contribution in [0.3, 0.4) is 0 Å². The van der Waals surface area contributed by atoms with Gasteiger partial charge in [-0.2, -0.15) is 0 Å². The summed E-state index contributed by atoms with van der Waals surface area (Å²) in [5.74, 6) is 0. The molecule has 6 heteroatoms. The summed E-state index contributed by atoms with van der Waals surface area (Å²) >= 11 is 0. The number of nitrogens with zero attached hydrogens (tertiary/aromatic N) is 2. The third kappa shape index (κ3) is 6.70. The summed E-state index contributed by atoms with van der Waals surface area (Å²) in [6.45, 7) is 9.35. The fourth-order valence-corrected chi connectivity index (χ4v) is 4.58. The average Bonchev–Trinajstić information content (AvgIpc) is 2.71. The first-order chi connectivity index (χ1) is 14.0. The fourth-order valence-electron chi connectivity index (χ4n) is 2.62. The smallest absolute Gasteiger partial charge is 0.225 e. The predicted octanol–water partition coefficient (Wildman–Crippen LogP) is 4.77. The van der Waals surface area contributed by atoms with E-state index >= 15 is 0 Å². The third-order valence-electron chi connectivity index (χ3n) is 5.78. The van der Waals surface area contributed by atoms with Gasteiger partial charge in [-0.05, 0) is 52.4 Å². The second-order valence-corrected chi connectivity index (χ2v) is 17.9.